The predicted octanol–water partition coefficient (Wildman–Crippen LogP) is 3.44. The quantitative estimate of drug-likeness (QED) is 0.705. The van der Waals surface area contributed by atoms with Crippen molar-refractivity contribution >= 4 is 6.29 Å². The minimum Gasteiger partial charge on any atom is -0.298 e. The fourth-order valence-electron chi connectivity index (χ4n) is 1.51. The fraction of sp³-hybridized carbons (Fsp3) is 0. The topological polar surface area (TPSA) is 17.1 Å². The van der Waals surface area contributed by atoms with Crippen molar-refractivity contribution in [1.82, 2.24) is 0 Å². The van der Waals surface area contributed by atoms with Gasteiger partial charge >= 0.3 is 0 Å². The number of halogens is 2. The number of hydrogen-bond acceptors (Lipinski definition) is 1. The van der Waals surface area contributed by atoms with Crippen molar-refractivity contribution < 1.29 is 13.6 Å². The third-order valence-electron chi connectivity index (χ3n) is 2.30. The average Bonchev–Trinajstić information content (AvgIpc) is 2.30. The largest absolute Gasteiger partial charge is 0.298 e. The van der Waals surface area contributed by atoms with Crippen LogP contribution in [0.3, 0.4) is 0 Å². The summed E-state index contributed by atoms with van der Waals surface area (Å²) in [6.07, 6.45) is 0.651. The molecule has 0 amide bonds. The molecule has 1 nitrogen and oxygen atoms in total. The zero-order valence-electron chi connectivity index (χ0n) is 8.28. The van der Waals surface area contributed by atoms with Gasteiger partial charge < -0.3 is 0 Å². The van der Waals surface area contributed by atoms with Crippen LogP contribution in [0.25, 0.3) is 11.1 Å². The Labute approximate surface area is 91.3 Å². The molecule has 0 aromatic heterocycles. The van der Waals surface area contributed by atoms with Crippen LogP contribution in [0.1, 0.15) is 10.4 Å². The van der Waals surface area contributed by atoms with E-state index in [0.29, 0.717) is 23.0 Å². The molecule has 0 heterocycles. The first-order valence-corrected chi connectivity index (χ1v) is 4.71. The van der Waals surface area contributed by atoms with E-state index >= 15 is 0 Å². The zero-order chi connectivity index (χ0) is 11.5. The van der Waals surface area contributed by atoms with E-state index in [0.717, 1.165) is 0 Å². The molecule has 0 saturated heterocycles. The van der Waals surface area contributed by atoms with E-state index in [1.807, 2.05) is 0 Å². The van der Waals surface area contributed by atoms with Crippen LogP contribution in [0, 0.1) is 11.6 Å². The number of aldehydes is 1. The van der Waals surface area contributed by atoms with E-state index in [9.17, 15) is 13.6 Å². The van der Waals surface area contributed by atoms with Crippen LogP contribution in [0.4, 0.5) is 8.78 Å². The summed E-state index contributed by atoms with van der Waals surface area (Å²) in [4.78, 5) is 10.8. The van der Waals surface area contributed by atoms with Crippen molar-refractivity contribution in [2.24, 2.45) is 0 Å². The summed E-state index contributed by atoms with van der Waals surface area (Å²) in [6, 6.07) is 9.45. The second-order valence-corrected chi connectivity index (χ2v) is 3.36. The molecule has 0 atom stereocenters. The van der Waals surface area contributed by atoms with Gasteiger partial charge in [-0.3, -0.25) is 4.79 Å². The Kier molecular flexibility index (Phi) is 2.77. The lowest BCUT2D eigenvalue weighted by Gasteiger charge is -2.04. The maximum Gasteiger partial charge on any atom is 0.150 e. The fourth-order valence-corrected chi connectivity index (χ4v) is 1.51. The molecule has 2 aromatic rings. The Bertz CT molecular complexity index is 518. The molecule has 80 valence electrons. The van der Waals surface area contributed by atoms with Gasteiger partial charge in [-0.15, -0.1) is 0 Å². The van der Waals surface area contributed by atoms with Crippen LogP contribution in [-0.4, -0.2) is 6.29 Å². The summed E-state index contributed by atoms with van der Waals surface area (Å²) in [5.74, 6) is -0.794. The number of benzene rings is 2. The Morgan fingerprint density at radius 2 is 1.50 bits per heavy atom. The van der Waals surface area contributed by atoms with E-state index in [-0.39, 0.29) is 5.82 Å². The first-order valence-electron chi connectivity index (χ1n) is 4.71. The third kappa shape index (κ3) is 1.98. The highest BCUT2D eigenvalue weighted by Crippen LogP contribution is 2.23. The van der Waals surface area contributed by atoms with Crippen LogP contribution >= 0.6 is 0 Å². The Hall–Kier alpha value is -2.03. The Morgan fingerprint density at radius 1 is 0.875 bits per heavy atom. The van der Waals surface area contributed by atoms with Gasteiger partial charge in [-0.1, -0.05) is 12.1 Å². The first kappa shape index (κ1) is 10.5. The molecule has 0 unspecified atom stereocenters. The second-order valence-electron chi connectivity index (χ2n) is 3.36. The van der Waals surface area contributed by atoms with Crippen LogP contribution in [0.5, 0.6) is 0 Å². The zero-order valence-corrected chi connectivity index (χ0v) is 8.28. The van der Waals surface area contributed by atoms with Crippen LogP contribution in [-0.2, 0) is 0 Å². The number of carbonyl (C=O) groups is 1. The molecule has 0 N–H and O–H groups in total. The highest BCUT2D eigenvalue weighted by molar-refractivity contribution is 5.87. The molecule has 0 radical (unpaired) electrons. The average molecular weight is 218 g/mol. The lowest BCUT2D eigenvalue weighted by atomic mass is 10.0. The van der Waals surface area contributed by atoms with Crippen molar-refractivity contribution in [1.29, 1.82) is 0 Å². The number of carbonyl (C=O) groups excluding carboxylic acids is 1. The molecular weight excluding hydrogens is 210 g/mol. The van der Waals surface area contributed by atoms with Crippen molar-refractivity contribution in [2.45, 2.75) is 0 Å². The van der Waals surface area contributed by atoms with E-state index in [2.05, 4.69) is 0 Å². The normalized spacial score (nSPS) is 10.1. The Morgan fingerprint density at radius 3 is 2.12 bits per heavy atom. The molecule has 0 fully saturated rings. The maximum atomic E-state index is 13.1. The third-order valence-corrected chi connectivity index (χ3v) is 2.30. The van der Waals surface area contributed by atoms with Crippen molar-refractivity contribution in [3.63, 3.8) is 0 Å². The SMILES string of the molecule is O=Cc1ccc(F)cc1-c1ccc(F)cc1. The summed E-state index contributed by atoms with van der Waals surface area (Å²) >= 11 is 0. The molecular formula is C13H8F2O. The van der Waals surface area contributed by atoms with Gasteiger partial charge in [0, 0.05) is 5.56 Å². The molecule has 2 aromatic carbocycles. The minimum atomic E-state index is -0.426. The van der Waals surface area contributed by atoms with Gasteiger partial charge in [0.25, 0.3) is 0 Å². The summed E-state index contributed by atoms with van der Waals surface area (Å²) in [5.41, 5.74) is 1.46. The summed E-state index contributed by atoms with van der Waals surface area (Å²) < 4.78 is 25.8. The number of rotatable bonds is 2. The summed E-state index contributed by atoms with van der Waals surface area (Å²) in [7, 11) is 0. The molecule has 2 rings (SSSR count). The molecule has 0 aliphatic heterocycles. The molecule has 0 bridgehead atoms. The highest BCUT2D eigenvalue weighted by atomic mass is 19.1. The van der Waals surface area contributed by atoms with Crippen molar-refractivity contribution in [2.75, 3.05) is 0 Å². The molecule has 0 saturated carbocycles. The van der Waals surface area contributed by atoms with E-state index in [1.165, 1.54) is 42.5 Å². The van der Waals surface area contributed by atoms with Crippen LogP contribution < -0.4 is 0 Å². The lowest BCUT2D eigenvalue weighted by Crippen LogP contribution is -1.89. The molecule has 0 aliphatic carbocycles. The first-order chi connectivity index (χ1) is 7.70. The van der Waals surface area contributed by atoms with Gasteiger partial charge in [-0.2, -0.15) is 0 Å². The van der Waals surface area contributed by atoms with Gasteiger partial charge in [0.05, 0.1) is 0 Å². The number of hydrogen-bond donors (Lipinski definition) is 0. The molecule has 0 spiro atoms. The molecule has 3 heteroatoms. The van der Waals surface area contributed by atoms with Crippen molar-refractivity contribution in [3.05, 3.63) is 59.7 Å². The van der Waals surface area contributed by atoms with Gasteiger partial charge in [-0.05, 0) is 41.5 Å². The van der Waals surface area contributed by atoms with E-state index in [1.54, 1.807) is 0 Å². The predicted molar refractivity (Wildman–Crippen MR) is 57.2 cm³/mol. The maximum absolute atomic E-state index is 13.1. The monoisotopic (exact) mass is 218 g/mol. The standard InChI is InChI=1S/C13H8F2O/c14-11-4-1-9(2-5-11)13-7-12(15)6-3-10(13)8-16/h1-8H. The minimum absolute atomic E-state index is 0.368. The molecule has 0 aliphatic rings. The van der Waals surface area contributed by atoms with Gasteiger partial charge in [-0.25, -0.2) is 8.78 Å². The van der Waals surface area contributed by atoms with Crippen LogP contribution in [0.15, 0.2) is 42.5 Å². The summed E-state index contributed by atoms with van der Waals surface area (Å²) in [6.45, 7) is 0. The smallest absolute Gasteiger partial charge is 0.150 e. The van der Waals surface area contributed by atoms with Crippen LogP contribution in [0.2, 0.25) is 0 Å². The van der Waals surface area contributed by atoms with Gasteiger partial charge in [0.15, 0.2) is 6.29 Å². The van der Waals surface area contributed by atoms with Crippen molar-refractivity contribution in [3.8, 4) is 11.1 Å². The van der Waals surface area contributed by atoms with E-state index < -0.39 is 5.82 Å². The highest BCUT2D eigenvalue weighted by Gasteiger charge is 2.06. The molecule has 16 heavy (non-hydrogen) atoms. The van der Waals surface area contributed by atoms with Gasteiger partial charge in [0.1, 0.15) is 11.6 Å². The van der Waals surface area contributed by atoms with E-state index in [4.69, 9.17) is 0 Å². The summed E-state index contributed by atoms with van der Waals surface area (Å²) in [5, 5.41) is 0. The lowest BCUT2D eigenvalue weighted by molar-refractivity contribution is 0.112. The van der Waals surface area contributed by atoms with Gasteiger partial charge in [0.2, 0.25) is 0 Å². The Balaban J connectivity index is 2.57. The second kappa shape index (κ2) is 4.23.